The van der Waals surface area contributed by atoms with Crippen molar-refractivity contribution in [3.63, 3.8) is 0 Å². The summed E-state index contributed by atoms with van der Waals surface area (Å²) < 4.78 is 17.0. The van der Waals surface area contributed by atoms with Crippen molar-refractivity contribution in [1.82, 2.24) is 0 Å². The summed E-state index contributed by atoms with van der Waals surface area (Å²) in [6, 6.07) is 10.9. The summed E-state index contributed by atoms with van der Waals surface area (Å²) in [6.07, 6.45) is 0.802. The van der Waals surface area contributed by atoms with Crippen molar-refractivity contribution >= 4 is 23.2 Å². The summed E-state index contributed by atoms with van der Waals surface area (Å²) in [5.41, 5.74) is 6.71. The Morgan fingerprint density at radius 3 is 2.33 bits per heavy atom. The molecule has 0 radical (unpaired) electrons. The maximum atomic E-state index is 6.05. The molecule has 130 valence electrons. The van der Waals surface area contributed by atoms with Crippen LogP contribution in [0.25, 0.3) is 0 Å². The second kappa shape index (κ2) is 9.62. The van der Waals surface area contributed by atoms with Crippen molar-refractivity contribution in [1.29, 1.82) is 0 Å². The molecule has 0 aliphatic heterocycles. The minimum Gasteiger partial charge on any atom is -0.490 e. The summed E-state index contributed by atoms with van der Waals surface area (Å²) >= 11 is 12.0. The van der Waals surface area contributed by atoms with Gasteiger partial charge in [0.2, 0.25) is 0 Å². The van der Waals surface area contributed by atoms with E-state index in [1.54, 1.807) is 18.2 Å². The highest BCUT2D eigenvalue weighted by Crippen LogP contribution is 2.29. The molecule has 0 unspecified atom stereocenters. The first-order chi connectivity index (χ1) is 11.6. The van der Waals surface area contributed by atoms with Gasteiger partial charge in [-0.1, -0.05) is 29.3 Å². The van der Waals surface area contributed by atoms with Gasteiger partial charge in [0.25, 0.3) is 0 Å². The molecule has 2 aromatic carbocycles. The quantitative estimate of drug-likeness (QED) is 0.667. The maximum Gasteiger partial charge on any atom is 0.161 e. The van der Waals surface area contributed by atoms with Crippen LogP contribution in [-0.2, 0) is 6.42 Å². The SMILES string of the molecule is CCOc1cc(CCN)ccc1OCCOc1cc(Cl)ccc1Cl. The normalized spacial score (nSPS) is 10.5. The highest BCUT2D eigenvalue weighted by molar-refractivity contribution is 6.34. The number of ether oxygens (including phenoxy) is 3. The van der Waals surface area contributed by atoms with E-state index in [-0.39, 0.29) is 0 Å². The summed E-state index contributed by atoms with van der Waals surface area (Å²) in [7, 11) is 0. The largest absolute Gasteiger partial charge is 0.490 e. The van der Waals surface area contributed by atoms with Gasteiger partial charge >= 0.3 is 0 Å². The Hall–Kier alpha value is -1.62. The monoisotopic (exact) mass is 369 g/mol. The third-order valence-corrected chi connectivity index (χ3v) is 3.78. The Kier molecular flexibility index (Phi) is 7.50. The Balaban J connectivity index is 1.92. The zero-order valence-electron chi connectivity index (χ0n) is 13.6. The van der Waals surface area contributed by atoms with Crippen molar-refractivity contribution in [2.45, 2.75) is 13.3 Å². The van der Waals surface area contributed by atoms with Crippen LogP contribution in [0.4, 0.5) is 0 Å². The van der Waals surface area contributed by atoms with Crippen LogP contribution in [0.3, 0.4) is 0 Å². The molecule has 2 aromatic rings. The van der Waals surface area contributed by atoms with Crippen LogP contribution in [0.15, 0.2) is 36.4 Å². The van der Waals surface area contributed by atoms with Crippen LogP contribution in [0.5, 0.6) is 17.2 Å². The van der Waals surface area contributed by atoms with E-state index in [2.05, 4.69) is 0 Å². The second-order valence-electron chi connectivity index (χ2n) is 5.02. The van der Waals surface area contributed by atoms with Crippen LogP contribution < -0.4 is 19.9 Å². The number of benzene rings is 2. The Morgan fingerprint density at radius 2 is 1.62 bits per heavy atom. The Morgan fingerprint density at radius 1 is 0.875 bits per heavy atom. The lowest BCUT2D eigenvalue weighted by molar-refractivity contribution is 0.208. The van der Waals surface area contributed by atoms with Crippen molar-refractivity contribution < 1.29 is 14.2 Å². The summed E-state index contributed by atoms with van der Waals surface area (Å²) in [4.78, 5) is 0. The molecule has 0 saturated heterocycles. The fourth-order valence-corrected chi connectivity index (χ4v) is 2.49. The number of hydrogen-bond acceptors (Lipinski definition) is 4. The van der Waals surface area contributed by atoms with E-state index in [9.17, 15) is 0 Å². The lowest BCUT2D eigenvalue weighted by atomic mass is 10.1. The molecule has 0 aromatic heterocycles. The highest BCUT2D eigenvalue weighted by Gasteiger charge is 2.07. The first-order valence-corrected chi connectivity index (χ1v) is 8.56. The van der Waals surface area contributed by atoms with Crippen LogP contribution in [-0.4, -0.2) is 26.4 Å². The second-order valence-corrected chi connectivity index (χ2v) is 5.87. The smallest absolute Gasteiger partial charge is 0.161 e. The molecule has 24 heavy (non-hydrogen) atoms. The van der Waals surface area contributed by atoms with Crippen molar-refractivity contribution in [2.24, 2.45) is 5.73 Å². The predicted octanol–water partition coefficient (Wildman–Crippen LogP) is 4.35. The van der Waals surface area contributed by atoms with E-state index in [4.69, 9.17) is 43.1 Å². The van der Waals surface area contributed by atoms with Crippen molar-refractivity contribution in [3.8, 4) is 17.2 Å². The van der Waals surface area contributed by atoms with E-state index in [1.807, 2.05) is 25.1 Å². The fourth-order valence-electron chi connectivity index (χ4n) is 2.15. The molecule has 0 fully saturated rings. The molecule has 0 bridgehead atoms. The van der Waals surface area contributed by atoms with Gasteiger partial charge in [-0.2, -0.15) is 0 Å². The zero-order valence-corrected chi connectivity index (χ0v) is 15.1. The van der Waals surface area contributed by atoms with Gasteiger partial charge in [-0.05, 0) is 49.7 Å². The van der Waals surface area contributed by atoms with Crippen molar-refractivity contribution in [3.05, 3.63) is 52.0 Å². The van der Waals surface area contributed by atoms with Crippen LogP contribution >= 0.6 is 23.2 Å². The average Bonchev–Trinajstić information content (AvgIpc) is 2.57. The molecule has 0 atom stereocenters. The van der Waals surface area contributed by atoms with Gasteiger partial charge in [0.1, 0.15) is 19.0 Å². The minimum atomic E-state index is 0.343. The minimum absolute atomic E-state index is 0.343. The van der Waals surface area contributed by atoms with Gasteiger partial charge in [-0.15, -0.1) is 0 Å². The van der Waals surface area contributed by atoms with Gasteiger partial charge in [0.05, 0.1) is 11.6 Å². The third kappa shape index (κ3) is 5.48. The molecule has 0 heterocycles. The standard InChI is InChI=1S/C18H21Cl2NO3/c1-2-22-18-11-13(7-8-21)3-6-16(18)23-9-10-24-17-12-14(19)4-5-15(17)20/h3-6,11-12H,2,7-10,21H2,1H3. The van der Waals surface area contributed by atoms with Gasteiger partial charge < -0.3 is 19.9 Å². The summed E-state index contributed by atoms with van der Waals surface area (Å²) in [5, 5.41) is 1.09. The molecule has 6 heteroatoms. The predicted molar refractivity (Wildman–Crippen MR) is 97.8 cm³/mol. The highest BCUT2D eigenvalue weighted by atomic mass is 35.5. The topological polar surface area (TPSA) is 53.7 Å². The zero-order chi connectivity index (χ0) is 17.4. The van der Waals surface area contributed by atoms with E-state index in [0.717, 1.165) is 12.0 Å². The first-order valence-electron chi connectivity index (χ1n) is 7.80. The van der Waals surface area contributed by atoms with Crippen molar-refractivity contribution in [2.75, 3.05) is 26.4 Å². The number of hydrogen-bond donors (Lipinski definition) is 1. The molecule has 2 N–H and O–H groups in total. The van der Waals surface area contributed by atoms with E-state index < -0.39 is 0 Å². The van der Waals surface area contributed by atoms with Gasteiger partial charge in [-0.25, -0.2) is 0 Å². The average molecular weight is 370 g/mol. The Labute approximate surface area is 152 Å². The molecule has 0 amide bonds. The van der Waals surface area contributed by atoms with Crippen LogP contribution in [0, 0.1) is 0 Å². The number of rotatable bonds is 9. The van der Waals surface area contributed by atoms with Gasteiger partial charge in [0.15, 0.2) is 11.5 Å². The lowest BCUT2D eigenvalue weighted by Gasteiger charge is -2.14. The Bertz CT molecular complexity index is 665. The van der Waals surface area contributed by atoms with Gasteiger partial charge in [-0.3, -0.25) is 0 Å². The number of halogens is 2. The summed E-state index contributed by atoms with van der Waals surface area (Å²) in [5.74, 6) is 1.93. The molecular formula is C18H21Cl2NO3. The molecule has 0 spiro atoms. The first kappa shape index (κ1) is 18.7. The maximum absolute atomic E-state index is 6.05. The van der Waals surface area contributed by atoms with E-state index >= 15 is 0 Å². The lowest BCUT2D eigenvalue weighted by Crippen LogP contribution is -2.10. The summed E-state index contributed by atoms with van der Waals surface area (Å²) in [6.45, 7) is 3.80. The fraction of sp³-hybridized carbons (Fsp3) is 0.333. The molecular weight excluding hydrogens is 349 g/mol. The molecule has 2 rings (SSSR count). The van der Waals surface area contributed by atoms with Gasteiger partial charge in [0, 0.05) is 11.1 Å². The molecule has 0 saturated carbocycles. The van der Waals surface area contributed by atoms with Crippen LogP contribution in [0.2, 0.25) is 10.0 Å². The van der Waals surface area contributed by atoms with E-state index in [1.165, 1.54) is 0 Å². The number of nitrogens with two attached hydrogens (primary N) is 1. The third-order valence-electron chi connectivity index (χ3n) is 3.23. The molecule has 0 aliphatic rings. The van der Waals surface area contributed by atoms with Crippen LogP contribution in [0.1, 0.15) is 12.5 Å². The molecule has 0 aliphatic carbocycles. The molecule has 4 nitrogen and oxygen atoms in total. The van der Waals surface area contributed by atoms with E-state index in [0.29, 0.717) is 53.7 Å².